The van der Waals surface area contributed by atoms with Crippen LogP contribution in [0.15, 0.2) is 35.4 Å². The summed E-state index contributed by atoms with van der Waals surface area (Å²) in [6, 6.07) is 5.34. The first-order valence-corrected chi connectivity index (χ1v) is 8.58. The van der Waals surface area contributed by atoms with Crippen LogP contribution in [0.3, 0.4) is 0 Å². The Morgan fingerprint density at radius 1 is 1.19 bits per heavy atom. The molecule has 138 valence electrons. The maximum atomic E-state index is 12.9. The van der Waals surface area contributed by atoms with E-state index in [1.165, 1.54) is 10.6 Å². The van der Waals surface area contributed by atoms with Crippen LogP contribution in [0.5, 0.6) is 0 Å². The fourth-order valence-corrected chi connectivity index (χ4v) is 3.34. The quantitative estimate of drug-likeness (QED) is 0.685. The highest BCUT2D eigenvalue weighted by atomic mass is 16.2. The first-order chi connectivity index (χ1) is 13.0. The Balaban J connectivity index is 1.62. The molecule has 0 saturated heterocycles. The summed E-state index contributed by atoms with van der Waals surface area (Å²) >= 11 is 0. The van der Waals surface area contributed by atoms with Gasteiger partial charge >= 0.3 is 0 Å². The predicted octanol–water partition coefficient (Wildman–Crippen LogP) is -0.00318. The normalized spacial score (nSPS) is 14.0. The molecule has 27 heavy (non-hydrogen) atoms. The maximum absolute atomic E-state index is 12.9. The molecule has 4 heterocycles. The van der Waals surface area contributed by atoms with Crippen LogP contribution < -0.4 is 11.3 Å². The lowest BCUT2D eigenvalue weighted by atomic mass is 10.2. The summed E-state index contributed by atoms with van der Waals surface area (Å²) in [6.07, 6.45) is 3.41. The Hall–Kier alpha value is -3.49. The van der Waals surface area contributed by atoms with E-state index in [1.54, 1.807) is 30.2 Å². The number of aryl methyl sites for hydroxylation is 1. The molecule has 2 amide bonds. The fourth-order valence-electron chi connectivity index (χ4n) is 3.34. The van der Waals surface area contributed by atoms with Gasteiger partial charge in [-0.05, 0) is 19.1 Å². The van der Waals surface area contributed by atoms with Crippen molar-refractivity contribution >= 4 is 17.5 Å². The second-order valence-electron chi connectivity index (χ2n) is 6.48. The van der Waals surface area contributed by atoms with Gasteiger partial charge in [-0.1, -0.05) is 6.07 Å². The molecule has 3 aromatic rings. The van der Waals surface area contributed by atoms with Crippen molar-refractivity contribution in [3.63, 3.8) is 0 Å². The Bertz CT molecular complexity index is 1100. The molecule has 0 fully saturated rings. The first kappa shape index (κ1) is 17.0. The average Bonchev–Trinajstić information content (AvgIpc) is 2.95. The molecule has 3 aromatic heterocycles. The van der Waals surface area contributed by atoms with Crippen molar-refractivity contribution in [3.8, 4) is 0 Å². The van der Waals surface area contributed by atoms with E-state index in [-0.39, 0.29) is 22.7 Å². The average molecular weight is 366 g/mol. The molecule has 0 unspecified atom stereocenters. The molecule has 0 aromatic carbocycles. The number of rotatable bonds is 2. The third kappa shape index (κ3) is 2.86. The number of amides is 2. The van der Waals surface area contributed by atoms with E-state index in [0.717, 1.165) is 5.69 Å². The van der Waals surface area contributed by atoms with Crippen LogP contribution in [0, 0.1) is 6.92 Å². The van der Waals surface area contributed by atoms with Crippen LogP contribution in [0.1, 0.15) is 32.4 Å². The minimum Gasteiger partial charge on any atom is -0.364 e. The highest BCUT2D eigenvalue weighted by Gasteiger charge is 2.24. The summed E-state index contributed by atoms with van der Waals surface area (Å²) in [5.41, 5.74) is 6.38. The number of nitrogens with zero attached hydrogens (tertiary/aromatic N) is 5. The number of carbonyl (C=O) groups is 2. The van der Waals surface area contributed by atoms with E-state index in [4.69, 9.17) is 5.73 Å². The van der Waals surface area contributed by atoms with Crippen LogP contribution in [0.4, 0.5) is 0 Å². The van der Waals surface area contributed by atoms with Crippen molar-refractivity contribution in [2.45, 2.75) is 19.9 Å². The molecule has 0 bridgehead atoms. The van der Waals surface area contributed by atoms with Gasteiger partial charge in [0.15, 0.2) is 0 Å². The number of primary amides is 1. The second kappa shape index (κ2) is 6.35. The summed E-state index contributed by atoms with van der Waals surface area (Å²) in [5.74, 6) is -0.233. The molecule has 0 aliphatic carbocycles. The lowest BCUT2D eigenvalue weighted by Crippen LogP contribution is -2.38. The minimum atomic E-state index is -0.575. The number of hydrogen-bond acceptors (Lipinski definition) is 5. The van der Waals surface area contributed by atoms with Crippen LogP contribution >= 0.6 is 0 Å². The number of aromatic nitrogens is 4. The summed E-state index contributed by atoms with van der Waals surface area (Å²) in [4.78, 5) is 47.1. The van der Waals surface area contributed by atoms with Crippen LogP contribution in [-0.4, -0.2) is 48.7 Å². The third-order valence-corrected chi connectivity index (χ3v) is 4.77. The molecular formula is C18H18N6O3. The van der Waals surface area contributed by atoms with Gasteiger partial charge < -0.3 is 15.2 Å². The number of nitrogens with two attached hydrogens (primary N) is 1. The molecule has 0 radical (unpaired) electrons. The Morgan fingerprint density at radius 2 is 2.00 bits per heavy atom. The van der Waals surface area contributed by atoms with E-state index >= 15 is 0 Å². The zero-order chi connectivity index (χ0) is 19.1. The summed E-state index contributed by atoms with van der Waals surface area (Å²) in [5, 5.41) is 0. The monoisotopic (exact) mass is 366 g/mol. The molecule has 1 aliphatic heterocycles. The van der Waals surface area contributed by atoms with Crippen LogP contribution in [0.25, 0.3) is 5.65 Å². The fraction of sp³-hybridized carbons (Fsp3) is 0.278. The van der Waals surface area contributed by atoms with E-state index < -0.39 is 5.91 Å². The summed E-state index contributed by atoms with van der Waals surface area (Å²) in [7, 11) is 0. The minimum absolute atomic E-state index is 0.0409. The molecular weight excluding hydrogens is 348 g/mol. The van der Waals surface area contributed by atoms with Crippen molar-refractivity contribution in [1.29, 1.82) is 0 Å². The van der Waals surface area contributed by atoms with Crippen molar-refractivity contribution < 1.29 is 9.59 Å². The SMILES string of the molecule is Cc1cccc2ncc(C(=O)N3CCc4nc(C(N)=O)cn4CC3)c(=O)n12. The van der Waals surface area contributed by atoms with E-state index in [1.807, 2.05) is 10.6 Å². The molecule has 0 spiro atoms. The van der Waals surface area contributed by atoms with E-state index in [9.17, 15) is 14.4 Å². The number of carbonyl (C=O) groups excluding carboxylic acids is 2. The number of fused-ring (bicyclic) bond motifs is 2. The van der Waals surface area contributed by atoms with Crippen molar-refractivity contribution in [3.05, 3.63) is 63.7 Å². The van der Waals surface area contributed by atoms with E-state index in [2.05, 4.69) is 9.97 Å². The lowest BCUT2D eigenvalue weighted by Gasteiger charge is -2.20. The topological polar surface area (TPSA) is 116 Å². The summed E-state index contributed by atoms with van der Waals surface area (Å²) < 4.78 is 3.26. The van der Waals surface area contributed by atoms with Crippen molar-refractivity contribution in [2.75, 3.05) is 13.1 Å². The first-order valence-electron chi connectivity index (χ1n) is 8.58. The molecule has 1 aliphatic rings. The number of pyridine rings is 1. The predicted molar refractivity (Wildman–Crippen MR) is 96.6 cm³/mol. The summed E-state index contributed by atoms with van der Waals surface area (Å²) in [6.45, 7) is 3.06. The Labute approximate surface area is 154 Å². The third-order valence-electron chi connectivity index (χ3n) is 4.77. The van der Waals surface area contributed by atoms with Gasteiger partial charge in [0, 0.05) is 44.1 Å². The number of imidazole rings is 1. The lowest BCUT2D eigenvalue weighted by molar-refractivity contribution is 0.0756. The van der Waals surface area contributed by atoms with Gasteiger partial charge in [-0.15, -0.1) is 0 Å². The zero-order valence-corrected chi connectivity index (χ0v) is 14.8. The Morgan fingerprint density at radius 3 is 2.78 bits per heavy atom. The van der Waals surface area contributed by atoms with Gasteiger partial charge in [-0.3, -0.25) is 18.8 Å². The molecule has 9 heteroatoms. The van der Waals surface area contributed by atoms with Gasteiger partial charge in [0.05, 0.1) is 0 Å². The smallest absolute Gasteiger partial charge is 0.270 e. The van der Waals surface area contributed by atoms with Gasteiger partial charge in [-0.2, -0.15) is 0 Å². The largest absolute Gasteiger partial charge is 0.364 e. The van der Waals surface area contributed by atoms with Crippen molar-refractivity contribution in [2.24, 2.45) is 5.73 Å². The van der Waals surface area contributed by atoms with Gasteiger partial charge in [0.2, 0.25) is 0 Å². The van der Waals surface area contributed by atoms with Gasteiger partial charge in [0.1, 0.15) is 22.7 Å². The van der Waals surface area contributed by atoms with Gasteiger partial charge in [0.25, 0.3) is 17.4 Å². The highest BCUT2D eigenvalue weighted by molar-refractivity contribution is 5.94. The standard InChI is InChI=1S/C18H18N6O3/c1-11-3-2-4-14-20-9-12(18(27)24(11)14)17(26)22-6-5-15-21-13(16(19)25)10-23(15)8-7-22/h2-4,9-10H,5-8H2,1H3,(H2,19,25). The van der Waals surface area contributed by atoms with Gasteiger partial charge in [-0.25, -0.2) is 9.97 Å². The number of hydrogen-bond donors (Lipinski definition) is 1. The van der Waals surface area contributed by atoms with Crippen molar-refractivity contribution in [1.82, 2.24) is 23.8 Å². The maximum Gasteiger partial charge on any atom is 0.270 e. The molecule has 2 N–H and O–H groups in total. The molecule has 0 atom stereocenters. The molecule has 4 rings (SSSR count). The molecule has 0 saturated carbocycles. The zero-order valence-electron chi connectivity index (χ0n) is 14.8. The van der Waals surface area contributed by atoms with E-state index in [0.29, 0.717) is 37.5 Å². The highest BCUT2D eigenvalue weighted by Crippen LogP contribution is 2.12. The van der Waals surface area contributed by atoms with Crippen LogP contribution in [0.2, 0.25) is 0 Å². The molecule has 9 nitrogen and oxygen atoms in total. The van der Waals surface area contributed by atoms with Crippen LogP contribution in [-0.2, 0) is 13.0 Å². The second-order valence-corrected chi connectivity index (χ2v) is 6.48. The Kier molecular flexibility index (Phi) is 3.98.